The van der Waals surface area contributed by atoms with Crippen molar-refractivity contribution in [3.63, 3.8) is 0 Å². The number of carbonyl (C=O) groups excluding carboxylic acids is 1. The van der Waals surface area contributed by atoms with Gasteiger partial charge in [0.25, 0.3) is 0 Å². The molecule has 0 spiro atoms. The second kappa shape index (κ2) is 7.59. The number of benzene rings is 1. The number of amides is 1. The van der Waals surface area contributed by atoms with Gasteiger partial charge >= 0.3 is 5.97 Å². The summed E-state index contributed by atoms with van der Waals surface area (Å²) in [5.41, 5.74) is 1.49. The molecule has 1 aliphatic rings. The van der Waals surface area contributed by atoms with E-state index >= 15 is 0 Å². The van der Waals surface area contributed by atoms with Crippen molar-refractivity contribution < 1.29 is 14.7 Å². The molecule has 0 atom stereocenters. The summed E-state index contributed by atoms with van der Waals surface area (Å²) in [5, 5.41) is 14.6. The van der Waals surface area contributed by atoms with Gasteiger partial charge in [-0.05, 0) is 36.6 Å². The Morgan fingerprint density at radius 3 is 2.48 bits per heavy atom. The van der Waals surface area contributed by atoms with Crippen molar-refractivity contribution in [3.8, 4) is 0 Å². The van der Waals surface area contributed by atoms with Crippen molar-refractivity contribution in [2.45, 2.75) is 31.7 Å². The second-order valence-electron chi connectivity index (χ2n) is 5.20. The molecule has 1 aromatic carbocycles. The molecule has 112 valence electrons. The first-order valence-corrected chi connectivity index (χ1v) is 7.18. The van der Waals surface area contributed by atoms with Gasteiger partial charge in [0.05, 0.1) is 6.54 Å². The van der Waals surface area contributed by atoms with Crippen molar-refractivity contribution >= 4 is 23.6 Å². The Morgan fingerprint density at radius 2 is 1.86 bits per heavy atom. The molecule has 0 aliphatic heterocycles. The van der Waals surface area contributed by atoms with E-state index in [0.29, 0.717) is 18.3 Å². The first-order chi connectivity index (χ1) is 10.1. The maximum Gasteiger partial charge on any atom is 0.328 e. The minimum absolute atomic E-state index is 0.0595. The Labute approximate surface area is 124 Å². The minimum Gasteiger partial charge on any atom is -0.478 e. The molecule has 0 bridgehead atoms. The van der Waals surface area contributed by atoms with Crippen LogP contribution in [0.5, 0.6) is 0 Å². The van der Waals surface area contributed by atoms with Gasteiger partial charge in [0.1, 0.15) is 0 Å². The standard InChI is InChI=1S/C16H20N2O3/c19-15(11-17-13-3-1-2-4-13)18-14-8-5-12(6-9-14)7-10-16(20)21/h5-10,13,17H,1-4,11H2,(H,18,19)(H,20,21)/b10-7+. The summed E-state index contributed by atoms with van der Waals surface area (Å²) in [6.45, 7) is 0.325. The number of carboxylic acid groups (broad SMARTS) is 1. The molecular formula is C16H20N2O3. The van der Waals surface area contributed by atoms with Crippen LogP contribution in [0, 0.1) is 0 Å². The molecule has 5 nitrogen and oxygen atoms in total. The summed E-state index contributed by atoms with van der Waals surface area (Å²) in [5.74, 6) is -1.04. The average Bonchev–Trinajstić information content (AvgIpc) is 2.98. The number of hydrogen-bond acceptors (Lipinski definition) is 3. The third-order valence-corrected chi connectivity index (χ3v) is 3.52. The van der Waals surface area contributed by atoms with E-state index in [2.05, 4.69) is 10.6 Å². The highest BCUT2D eigenvalue weighted by Crippen LogP contribution is 2.17. The zero-order valence-electron chi connectivity index (χ0n) is 11.8. The van der Waals surface area contributed by atoms with Crippen LogP contribution >= 0.6 is 0 Å². The number of aliphatic carboxylic acids is 1. The van der Waals surface area contributed by atoms with Crippen LogP contribution in [0.4, 0.5) is 5.69 Å². The molecule has 1 aliphatic carbocycles. The third-order valence-electron chi connectivity index (χ3n) is 3.52. The number of rotatable bonds is 6. The van der Waals surface area contributed by atoms with Crippen LogP contribution in [0.2, 0.25) is 0 Å². The van der Waals surface area contributed by atoms with E-state index < -0.39 is 5.97 Å². The van der Waals surface area contributed by atoms with Gasteiger partial charge in [0.15, 0.2) is 0 Å². The number of carboxylic acids is 1. The smallest absolute Gasteiger partial charge is 0.328 e. The molecule has 5 heteroatoms. The molecule has 1 aromatic rings. The fourth-order valence-corrected chi connectivity index (χ4v) is 2.42. The fraction of sp³-hybridized carbons (Fsp3) is 0.375. The molecule has 1 fully saturated rings. The SMILES string of the molecule is O=C(O)/C=C/c1ccc(NC(=O)CNC2CCCC2)cc1. The summed E-state index contributed by atoms with van der Waals surface area (Å²) in [4.78, 5) is 22.2. The van der Waals surface area contributed by atoms with Crippen LogP contribution in [-0.4, -0.2) is 29.6 Å². The lowest BCUT2D eigenvalue weighted by molar-refractivity contribution is -0.131. The largest absolute Gasteiger partial charge is 0.478 e. The average molecular weight is 288 g/mol. The normalized spacial score (nSPS) is 15.4. The van der Waals surface area contributed by atoms with Gasteiger partial charge in [-0.15, -0.1) is 0 Å². The number of anilines is 1. The Balaban J connectivity index is 1.79. The first-order valence-electron chi connectivity index (χ1n) is 7.18. The van der Waals surface area contributed by atoms with Gasteiger partial charge in [-0.2, -0.15) is 0 Å². The molecule has 0 unspecified atom stereocenters. The summed E-state index contributed by atoms with van der Waals surface area (Å²) in [6, 6.07) is 7.52. The number of hydrogen-bond donors (Lipinski definition) is 3. The lowest BCUT2D eigenvalue weighted by Crippen LogP contribution is -2.34. The first kappa shape index (κ1) is 15.3. The van der Waals surface area contributed by atoms with E-state index in [4.69, 9.17) is 5.11 Å². The summed E-state index contributed by atoms with van der Waals surface area (Å²) < 4.78 is 0. The molecule has 0 radical (unpaired) electrons. The van der Waals surface area contributed by atoms with Crippen molar-refractivity contribution in [2.75, 3.05) is 11.9 Å². The van der Waals surface area contributed by atoms with Gasteiger partial charge in [-0.3, -0.25) is 4.79 Å². The zero-order valence-corrected chi connectivity index (χ0v) is 11.8. The van der Waals surface area contributed by atoms with Gasteiger partial charge < -0.3 is 15.7 Å². The van der Waals surface area contributed by atoms with E-state index in [1.807, 2.05) is 0 Å². The Kier molecular flexibility index (Phi) is 5.51. The molecule has 0 aromatic heterocycles. The summed E-state index contributed by atoms with van der Waals surface area (Å²) in [7, 11) is 0. The van der Waals surface area contributed by atoms with Crippen LogP contribution in [0.25, 0.3) is 6.08 Å². The topological polar surface area (TPSA) is 78.4 Å². The van der Waals surface area contributed by atoms with Gasteiger partial charge in [0.2, 0.25) is 5.91 Å². The van der Waals surface area contributed by atoms with Crippen LogP contribution in [0.3, 0.4) is 0 Å². The van der Waals surface area contributed by atoms with Gasteiger partial charge in [-0.1, -0.05) is 25.0 Å². The molecule has 3 N–H and O–H groups in total. The zero-order chi connectivity index (χ0) is 15.1. The van der Waals surface area contributed by atoms with E-state index in [0.717, 1.165) is 24.5 Å². The van der Waals surface area contributed by atoms with Crippen molar-refractivity contribution in [2.24, 2.45) is 0 Å². The number of carbonyl (C=O) groups is 2. The number of nitrogens with one attached hydrogen (secondary N) is 2. The maximum absolute atomic E-state index is 11.8. The highest BCUT2D eigenvalue weighted by Gasteiger charge is 2.15. The summed E-state index contributed by atoms with van der Waals surface area (Å²) in [6.07, 6.45) is 7.37. The quantitative estimate of drug-likeness (QED) is 0.702. The van der Waals surface area contributed by atoms with E-state index in [9.17, 15) is 9.59 Å². The predicted molar refractivity (Wildman–Crippen MR) is 82.0 cm³/mol. The summed E-state index contributed by atoms with van der Waals surface area (Å²) >= 11 is 0. The van der Waals surface area contributed by atoms with Crippen molar-refractivity contribution in [3.05, 3.63) is 35.9 Å². The Hall–Kier alpha value is -2.14. The highest BCUT2D eigenvalue weighted by molar-refractivity contribution is 5.92. The minimum atomic E-state index is -0.981. The monoisotopic (exact) mass is 288 g/mol. The predicted octanol–water partition coefficient (Wildman–Crippen LogP) is 2.26. The van der Waals surface area contributed by atoms with Crippen LogP contribution in [0.1, 0.15) is 31.2 Å². The van der Waals surface area contributed by atoms with Crippen molar-refractivity contribution in [1.82, 2.24) is 5.32 Å². The van der Waals surface area contributed by atoms with Crippen LogP contribution in [0.15, 0.2) is 30.3 Å². The lowest BCUT2D eigenvalue weighted by Gasteiger charge is -2.11. The fourth-order valence-electron chi connectivity index (χ4n) is 2.42. The van der Waals surface area contributed by atoms with E-state index in [-0.39, 0.29) is 5.91 Å². The van der Waals surface area contributed by atoms with E-state index in [1.165, 1.54) is 18.9 Å². The van der Waals surface area contributed by atoms with E-state index in [1.54, 1.807) is 24.3 Å². The van der Waals surface area contributed by atoms with Crippen molar-refractivity contribution in [1.29, 1.82) is 0 Å². The van der Waals surface area contributed by atoms with Crippen LogP contribution in [-0.2, 0) is 9.59 Å². The van der Waals surface area contributed by atoms with Crippen LogP contribution < -0.4 is 10.6 Å². The molecule has 0 heterocycles. The third kappa shape index (κ3) is 5.39. The molecular weight excluding hydrogens is 268 g/mol. The Bertz CT molecular complexity index is 517. The maximum atomic E-state index is 11.8. The second-order valence-corrected chi connectivity index (χ2v) is 5.20. The molecule has 1 saturated carbocycles. The molecule has 1 amide bonds. The molecule has 2 rings (SSSR count). The molecule has 0 saturated heterocycles. The van der Waals surface area contributed by atoms with Gasteiger partial charge in [-0.25, -0.2) is 4.79 Å². The van der Waals surface area contributed by atoms with Gasteiger partial charge in [0, 0.05) is 17.8 Å². The lowest BCUT2D eigenvalue weighted by atomic mass is 10.2. The Morgan fingerprint density at radius 1 is 1.19 bits per heavy atom. The molecule has 21 heavy (non-hydrogen) atoms. The highest BCUT2D eigenvalue weighted by atomic mass is 16.4.